The van der Waals surface area contributed by atoms with Crippen LogP contribution in [0.15, 0.2) is 47.6 Å². The number of hydrogen-bond donors (Lipinski definition) is 1. The Morgan fingerprint density at radius 2 is 1.79 bits per heavy atom. The van der Waals surface area contributed by atoms with Crippen molar-refractivity contribution in [2.24, 2.45) is 11.0 Å². The number of anilines is 1. The zero-order valence-electron chi connectivity index (χ0n) is 17.1. The second-order valence-corrected chi connectivity index (χ2v) is 7.44. The number of benzene rings is 2. The summed E-state index contributed by atoms with van der Waals surface area (Å²) >= 11 is 5.81. The van der Waals surface area contributed by atoms with Gasteiger partial charge in [-0.3, -0.25) is 34.6 Å². The number of ketones is 1. The molecular weight excluding hydrogens is 458 g/mol. The Labute approximate surface area is 191 Å². The highest BCUT2D eigenvalue weighted by Crippen LogP contribution is 2.35. The molecule has 1 N–H and O–H groups in total. The van der Waals surface area contributed by atoms with Gasteiger partial charge < -0.3 is 5.32 Å². The normalized spacial score (nSPS) is 15.2. The Bertz CT molecular complexity index is 1200. The fourth-order valence-electron chi connectivity index (χ4n) is 3.18. The van der Waals surface area contributed by atoms with Gasteiger partial charge in [-0.05, 0) is 37.1 Å². The number of hydrazone groups is 1. The number of amides is 2. The summed E-state index contributed by atoms with van der Waals surface area (Å²) in [6.07, 6.45) is 0.420. The van der Waals surface area contributed by atoms with Crippen LogP contribution in [0.2, 0.25) is 5.02 Å². The highest BCUT2D eigenvalue weighted by molar-refractivity contribution is 6.47. The van der Waals surface area contributed by atoms with Gasteiger partial charge in [0.1, 0.15) is 11.6 Å². The lowest BCUT2D eigenvalue weighted by Gasteiger charge is -2.14. The van der Waals surface area contributed by atoms with Crippen molar-refractivity contribution in [3.05, 3.63) is 73.3 Å². The molecule has 1 unspecified atom stereocenters. The number of halogens is 1. The first-order chi connectivity index (χ1) is 15.6. The highest BCUT2D eigenvalue weighted by Gasteiger charge is 2.44. The molecule has 170 valence electrons. The topological polar surface area (TPSA) is 165 Å². The third-order valence-electron chi connectivity index (χ3n) is 4.82. The van der Waals surface area contributed by atoms with Gasteiger partial charge >= 0.3 is 5.69 Å². The smallest absolute Gasteiger partial charge is 0.301 e. The van der Waals surface area contributed by atoms with Crippen LogP contribution in [0, 0.1) is 26.1 Å². The molecule has 2 amide bonds. The molecule has 33 heavy (non-hydrogen) atoms. The Morgan fingerprint density at radius 1 is 1.12 bits per heavy atom. The number of Topliss-reactive ketones (excluding diaryl/α,β-unsaturated/α-hetero) is 1. The molecule has 0 spiro atoms. The van der Waals surface area contributed by atoms with Crippen LogP contribution in [-0.4, -0.2) is 39.7 Å². The maximum absolute atomic E-state index is 12.8. The second-order valence-electron chi connectivity index (χ2n) is 7.01. The predicted octanol–water partition coefficient (Wildman–Crippen LogP) is 2.42. The van der Waals surface area contributed by atoms with Gasteiger partial charge in [0.05, 0.1) is 21.6 Å². The molecule has 13 heteroatoms. The van der Waals surface area contributed by atoms with Gasteiger partial charge in [0.2, 0.25) is 5.78 Å². The number of hydrogen-bond acceptors (Lipinski definition) is 8. The van der Waals surface area contributed by atoms with Crippen LogP contribution < -0.4 is 10.3 Å². The van der Waals surface area contributed by atoms with Gasteiger partial charge in [0.25, 0.3) is 17.5 Å². The summed E-state index contributed by atoms with van der Waals surface area (Å²) in [4.78, 5) is 58.3. The molecule has 1 heterocycles. The molecule has 0 saturated heterocycles. The molecule has 0 aliphatic carbocycles. The Kier molecular flexibility index (Phi) is 6.78. The third-order valence-corrected chi connectivity index (χ3v) is 5.08. The molecular formula is C20H16ClN5O7. The summed E-state index contributed by atoms with van der Waals surface area (Å²) in [7, 11) is 0. The minimum atomic E-state index is -1.56. The van der Waals surface area contributed by atoms with Crippen molar-refractivity contribution in [3.8, 4) is 0 Å². The number of nitrogens with one attached hydrogen (secondary N) is 1. The van der Waals surface area contributed by atoms with Crippen LogP contribution in [0.5, 0.6) is 0 Å². The van der Waals surface area contributed by atoms with Crippen molar-refractivity contribution in [2.75, 3.05) is 11.6 Å². The number of nitrogens with zero attached hydrogens (tertiary/aromatic N) is 4. The van der Waals surface area contributed by atoms with Crippen LogP contribution >= 0.6 is 11.6 Å². The molecule has 1 atom stereocenters. The summed E-state index contributed by atoms with van der Waals surface area (Å²) in [5, 5.41) is 29.8. The number of nitro benzene ring substituents is 2. The van der Waals surface area contributed by atoms with Crippen molar-refractivity contribution in [3.63, 3.8) is 0 Å². The number of non-ortho nitro benzene ring substituents is 1. The first kappa shape index (κ1) is 23.5. The SMILES string of the molecule is CC1=NN(c2ccc([N+](=O)[O-])cc2[N+](=O)[O-])C(=O)C1C(=O)C(=O)NCCc1ccc(Cl)cc1. The monoisotopic (exact) mass is 473 g/mol. The number of rotatable bonds is 8. The van der Waals surface area contributed by atoms with Crippen LogP contribution in [-0.2, 0) is 20.8 Å². The van der Waals surface area contributed by atoms with Crippen molar-refractivity contribution in [1.82, 2.24) is 5.32 Å². The van der Waals surface area contributed by atoms with Gasteiger partial charge in [-0.1, -0.05) is 23.7 Å². The number of carbonyl (C=O) groups is 3. The molecule has 0 saturated carbocycles. The fraction of sp³-hybridized carbons (Fsp3) is 0.200. The minimum absolute atomic E-state index is 0.0366. The Morgan fingerprint density at radius 3 is 2.39 bits per heavy atom. The maximum atomic E-state index is 12.8. The van der Waals surface area contributed by atoms with E-state index in [1.165, 1.54) is 6.92 Å². The standard InChI is InChI=1S/C20H16ClN5O7/c1-11-17(18(27)19(28)22-9-8-12-2-4-13(21)5-3-12)20(29)24(23-11)15-7-6-14(25(30)31)10-16(15)26(32)33/h2-7,10,17H,8-9H2,1H3,(H,22,28). The summed E-state index contributed by atoms with van der Waals surface area (Å²) in [5.41, 5.74) is -0.808. The van der Waals surface area contributed by atoms with E-state index in [4.69, 9.17) is 11.6 Å². The first-order valence-electron chi connectivity index (χ1n) is 9.48. The lowest BCUT2D eigenvalue weighted by Crippen LogP contribution is -2.42. The van der Waals surface area contributed by atoms with Crippen molar-refractivity contribution in [1.29, 1.82) is 0 Å². The Balaban J connectivity index is 1.73. The average Bonchev–Trinajstić information content (AvgIpc) is 3.07. The molecule has 0 bridgehead atoms. The average molecular weight is 474 g/mol. The van der Waals surface area contributed by atoms with E-state index >= 15 is 0 Å². The molecule has 2 aromatic carbocycles. The predicted molar refractivity (Wildman–Crippen MR) is 117 cm³/mol. The van der Waals surface area contributed by atoms with Gasteiger partial charge in [0, 0.05) is 17.6 Å². The number of carbonyl (C=O) groups excluding carboxylic acids is 3. The molecule has 3 rings (SSSR count). The highest BCUT2D eigenvalue weighted by atomic mass is 35.5. The third kappa shape index (κ3) is 5.01. The van der Waals surface area contributed by atoms with Crippen LogP contribution in [0.25, 0.3) is 0 Å². The lowest BCUT2D eigenvalue weighted by molar-refractivity contribution is -0.393. The Hall–Kier alpha value is -4.19. The molecule has 1 aliphatic rings. The van der Waals surface area contributed by atoms with Crippen molar-refractivity contribution in [2.45, 2.75) is 13.3 Å². The number of nitro groups is 2. The summed E-state index contributed by atoms with van der Waals surface area (Å²) in [6, 6.07) is 9.56. The lowest BCUT2D eigenvalue weighted by atomic mass is 9.98. The van der Waals surface area contributed by atoms with Gasteiger partial charge in [-0.2, -0.15) is 10.1 Å². The molecule has 0 radical (unpaired) electrons. The van der Waals surface area contributed by atoms with E-state index in [2.05, 4.69) is 10.4 Å². The van der Waals surface area contributed by atoms with E-state index in [0.717, 1.165) is 17.7 Å². The largest absolute Gasteiger partial charge is 0.349 e. The van der Waals surface area contributed by atoms with Gasteiger partial charge in [-0.15, -0.1) is 0 Å². The van der Waals surface area contributed by atoms with Crippen LogP contribution in [0.3, 0.4) is 0 Å². The van der Waals surface area contributed by atoms with Gasteiger partial charge in [-0.25, -0.2) is 0 Å². The van der Waals surface area contributed by atoms with E-state index < -0.39 is 44.7 Å². The van der Waals surface area contributed by atoms with E-state index in [-0.39, 0.29) is 17.9 Å². The van der Waals surface area contributed by atoms with E-state index in [0.29, 0.717) is 22.5 Å². The molecule has 2 aromatic rings. The summed E-state index contributed by atoms with van der Waals surface area (Å²) in [6.45, 7) is 1.46. The first-order valence-corrected chi connectivity index (χ1v) is 9.86. The zero-order valence-corrected chi connectivity index (χ0v) is 17.8. The summed E-state index contributed by atoms with van der Waals surface area (Å²) < 4.78 is 0. The molecule has 0 fully saturated rings. The van der Waals surface area contributed by atoms with Crippen molar-refractivity contribution < 1.29 is 24.2 Å². The summed E-state index contributed by atoms with van der Waals surface area (Å²) in [5.74, 6) is -4.60. The van der Waals surface area contributed by atoms with Gasteiger partial charge in [0.15, 0.2) is 0 Å². The van der Waals surface area contributed by atoms with Crippen molar-refractivity contribution >= 4 is 52.0 Å². The second kappa shape index (κ2) is 9.53. The minimum Gasteiger partial charge on any atom is -0.349 e. The maximum Gasteiger partial charge on any atom is 0.301 e. The molecule has 0 aromatic heterocycles. The quantitative estimate of drug-likeness (QED) is 0.266. The van der Waals surface area contributed by atoms with Crippen LogP contribution in [0.4, 0.5) is 17.1 Å². The van der Waals surface area contributed by atoms with E-state index in [1.807, 2.05) is 0 Å². The van der Waals surface area contributed by atoms with E-state index in [1.54, 1.807) is 24.3 Å². The van der Waals surface area contributed by atoms with E-state index in [9.17, 15) is 34.6 Å². The van der Waals surface area contributed by atoms with Crippen LogP contribution in [0.1, 0.15) is 12.5 Å². The molecule has 1 aliphatic heterocycles. The fourth-order valence-corrected chi connectivity index (χ4v) is 3.31. The molecule has 12 nitrogen and oxygen atoms in total. The zero-order chi connectivity index (χ0) is 24.3.